The zero-order chi connectivity index (χ0) is 19.2. The second-order valence-electron chi connectivity index (χ2n) is 6.56. The van der Waals surface area contributed by atoms with Crippen LogP contribution in [-0.2, 0) is 6.42 Å². The summed E-state index contributed by atoms with van der Waals surface area (Å²) in [6, 6.07) is 13.7. The van der Waals surface area contributed by atoms with Gasteiger partial charge in [0.15, 0.2) is 11.6 Å². The molecule has 1 aliphatic rings. The van der Waals surface area contributed by atoms with Gasteiger partial charge in [-0.1, -0.05) is 30.3 Å². The molecule has 0 saturated carbocycles. The number of anilines is 2. The highest BCUT2D eigenvalue weighted by atomic mass is 16.3. The number of piperazine rings is 1. The molecule has 0 aliphatic carbocycles. The van der Waals surface area contributed by atoms with Crippen LogP contribution in [0, 0.1) is 0 Å². The first-order valence-corrected chi connectivity index (χ1v) is 9.35. The highest BCUT2D eigenvalue weighted by molar-refractivity contribution is 5.91. The highest BCUT2D eigenvalue weighted by Crippen LogP contribution is 2.15. The van der Waals surface area contributed by atoms with E-state index in [1.165, 1.54) is 11.8 Å². The number of rotatable bonds is 6. The molecule has 1 fully saturated rings. The first kappa shape index (κ1) is 18.0. The lowest BCUT2D eigenvalue weighted by atomic mass is 10.1. The molecule has 8 nitrogen and oxygen atoms in total. The van der Waals surface area contributed by atoms with Crippen molar-refractivity contribution in [2.45, 2.75) is 6.42 Å². The third-order valence-corrected chi connectivity index (χ3v) is 4.71. The molecule has 28 heavy (non-hydrogen) atoms. The van der Waals surface area contributed by atoms with Gasteiger partial charge in [0.25, 0.3) is 5.91 Å². The van der Waals surface area contributed by atoms with Crippen LogP contribution in [0.4, 0.5) is 11.8 Å². The SMILES string of the molecule is O=C(c1ccco1)N1CCN(c2cnnc(NCCc3ccccc3)n2)CC1. The van der Waals surface area contributed by atoms with Crippen molar-refractivity contribution >= 4 is 17.7 Å². The number of hydrogen-bond acceptors (Lipinski definition) is 7. The molecule has 1 saturated heterocycles. The van der Waals surface area contributed by atoms with Gasteiger partial charge in [-0.25, -0.2) is 0 Å². The number of aromatic nitrogens is 3. The predicted molar refractivity (Wildman–Crippen MR) is 105 cm³/mol. The van der Waals surface area contributed by atoms with E-state index in [1.807, 2.05) is 18.2 Å². The minimum absolute atomic E-state index is 0.0752. The van der Waals surface area contributed by atoms with E-state index in [2.05, 4.69) is 37.5 Å². The maximum absolute atomic E-state index is 12.4. The van der Waals surface area contributed by atoms with Crippen molar-refractivity contribution in [3.8, 4) is 0 Å². The summed E-state index contributed by atoms with van der Waals surface area (Å²) in [6.45, 7) is 3.34. The molecular formula is C20H22N6O2. The van der Waals surface area contributed by atoms with Crippen molar-refractivity contribution in [1.29, 1.82) is 0 Å². The van der Waals surface area contributed by atoms with Gasteiger partial charge in [-0.15, -0.1) is 5.10 Å². The van der Waals surface area contributed by atoms with E-state index in [0.29, 0.717) is 37.9 Å². The molecule has 0 spiro atoms. The standard InChI is InChI=1S/C20H22N6O2/c27-19(17-7-4-14-28-17)26-12-10-25(11-13-26)18-15-22-24-20(23-18)21-9-8-16-5-2-1-3-6-16/h1-7,14-15H,8-13H2,(H,21,23,24). The van der Waals surface area contributed by atoms with Crippen molar-refractivity contribution in [1.82, 2.24) is 20.1 Å². The quantitative estimate of drug-likeness (QED) is 0.703. The molecule has 4 rings (SSSR count). The molecule has 1 amide bonds. The van der Waals surface area contributed by atoms with E-state index >= 15 is 0 Å². The summed E-state index contributed by atoms with van der Waals surface area (Å²) in [5, 5.41) is 11.4. The Bertz CT molecular complexity index is 892. The number of amides is 1. The van der Waals surface area contributed by atoms with Crippen LogP contribution in [0.5, 0.6) is 0 Å². The van der Waals surface area contributed by atoms with Gasteiger partial charge >= 0.3 is 0 Å². The second kappa shape index (κ2) is 8.51. The first-order chi connectivity index (χ1) is 13.8. The third-order valence-electron chi connectivity index (χ3n) is 4.71. The topological polar surface area (TPSA) is 87.4 Å². The fraction of sp³-hybridized carbons (Fsp3) is 0.300. The lowest BCUT2D eigenvalue weighted by Crippen LogP contribution is -2.49. The lowest BCUT2D eigenvalue weighted by Gasteiger charge is -2.34. The van der Waals surface area contributed by atoms with Gasteiger partial charge in [0.2, 0.25) is 5.95 Å². The minimum atomic E-state index is -0.0752. The molecule has 1 aliphatic heterocycles. The number of nitrogens with one attached hydrogen (secondary N) is 1. The van der Waals surface area contributed by atoms with Gasteiger partial charge in [0.05, 0.1) is 12.5 Å². The predicted octanol–water partition coefficient (Wildman–Crippen LogP) is 2.08. The maximum atomic E-state index is 12.4. The zero-order valence-corrected chi connectivity index (χ0v) is 15.5. The Kier molecular flexibility index (Phi) is 5.46. The van der Waals surface area contributed by atoms with Crippen LogP contribution >= 0.6 is 0 Å². The lowest BCUT2D eigenvalue weighted by molar-refractivity contribution is 0.0714. The number of nitrogens with zero attached hydrogens (tertiary/aromatic N) is 5. The van der Waals surface area contributed by atoms with Gasteiger partial charge in [-0.05, 0) is 24.1 Å². The van der Waals surface area contributed by atoms with E-state index in [-0.39, 0.29) is 5.91 Å². The summed E-state index contributed by atoms with van der Waals surface area (Å²) in [4.78, 5) is 20.8. The molecule has 3 aromatic rings. The normalized spacial score (nSPS) is 14.1. The van der Waals surface area contributed by atoms with E-state index in [0.717, 1.165) is 18.8 Å². The average molecular weight is 378 g/mol. The van der Waals surface area contributed by atoms with Crippen molar-refractivity contribution in [3.05, 3.63) is 66.2 Å². The summed E-state index contributed by atoms with van der Waals surface area (Å²) < 4.78 is 5.20. The third kappa shape index (κ3) is 4.28. The smallest absolute Gasteiger partial charge is 0.289 e. The maximum Gasteiger partial charge on any atom is 0.289 e. The van der Waals surface area contributed by atoms with Crippen LogP contribution in [-0.4, -0.2) is 58.7 Å². The van der Waals surface area contributed by atoms with Crippen LogP contribution in [0.15, 0.2) is 59.3 Å². The number of carbonyl (C=O) groups is 1. The molecule has 144 valence electrons. The molecule has 0 atom stereocenters. The van der Waals surface area contributed by atoms with Crippen LogP contribution in [0.2, 0.25) is 0 Å². The van der Waals surface area contributed by atoms with Crippen molar-refractivity contribution in [2.24, 2.45) is 0 Å². The average Bonchev–Trinajstić information content (AvgIpc) is 3.29. The molecular weight excluding hydrogens is 356 g/mol. The number of furan rings is 1. The van der Waals surface area contributed by atoms with E-state index in [1.54, 1.807) is 23.2 Å². The van der Waals surface area contributed by atoms with Gasteiger partial charge in [-0.3, -0.25) is 4.79 Å². The Labute approximate surface area is 163 Å². The summed E-state index contributed by atoms with van der Waals surface area (Å²) in [7, 11) is 0. The summed E-state index contributed by atoms with van der Waals surface area (Å²) in [6.07, 6.45) is 4.07. The van der Waals surface area contributed by atoms with Crippen LogP contribution in [0.1, 0.15) is 16.1 Å². The first-order valence-electron chi connectivity index (χ1n) is 9.35. The minimum Gasteiger partial charge on any atom is -0.459 e. The molecule has 0 unspecified atom stereocenters. The molecule has 2 aromatic heterocycles. The van der Waals surface area contributed by atoms with E-state index < -0.39 is 0 Å². The van der Waals surface area contributed by atoms with Crippen molar-refractivity contribution < 1.29 is 9.21 Å². The van der Waals surface area contributed by atoms with Crippen LogP contribution in [0.25, 0.3) is 0 Å². The second-order valence-corrected chi connectivity index (χ2v) is 6.56. The zero-order valence-electron chi connectivity index (χ0n) is 15.5. The monoisotopic (exact) mass is 378 g/mol. The molecule has 1 aromatic carbocycles. The van der Waals surface area contributed by atoms with Crippen molar-refractivity contribution in [2.75, 3.05) is 42.9 Å². The highest BCUT2D eigenvalue weighted by Gasteiger charge is 2.24. The Morgan fingerprint density at radius 2 is 1.89 bits per heavy atom. The summed E-state index contributed by atoms with van der Waals surface area (Å²) in [5.41, 5.74) is 1.26. The van der Waals surface area contributed by atoms with Crippen LogP contribution in [0.3, 0.4) is 0 Å². The van der Waals surface area contributed by atoms with Gasteiger partial charge in [0, 0.05) is 32.7 Å². The fourth-order valence-electron chi connectivity index (χ4n) is 3.18. The van der Waals surface area contributed by atoms with Crippen molar-refractivity contribution in [3.63, 3.8) is 0 Å². The van der Waals surface area contributed by atoms with Crippen LogP contribution < -0.4 is 10.2 Å². The Hall–Kier alpha value is -3.42. The molecule has 8 heteroatoms. The number of hydrogen-bond donors (Lipinski definition) is 1. The fourth-order valence-corrected chi connectivity index (χ4v) is 3.18. The molecule has 1 N–H and O–H groups in total. The largest absolute Gasteiger partial charge is 0.459 e. The Balaban J connectivity index is 1.30. The van der Waals surface area contributed by atoms with E-state index in [4.69, 9.17) is 4.42 Å². The Morgan fingerprint density at radius 1 is 1.07 bits per heavy atom. The summed E-state index contributed by atoms with van der Waals surface area (Å²) in [5.74, 6) is 1.58. The molecule has 0 bridgehead atoms. The van der Waals surface area contributed by atoms with Gasteiger partial charge in [-0.2, -0.15) is 10.1 Å². The molecule has 0 radical (unpaired) electrons. The number of benzene rings is 1. The summed E-state index contributed by atoms with van der Waals surface area (Å²) >= 11 is 0. The van der Waals surface area contributed by atoms with Gasteiger partial charge < -0.3 is 19.5 Å². The van der Waals surface area contributed by atoms with Gasteiger partial charge in [0.1, 0.15) is 0 Å². The molecule has 3 heterocycles. The van der Waals surface area contributed by atoms with E-state index in [9.17, 15) is 4.79 Å². The Morgan fingerprint density at radius 3 is 2.64 bits per heavy atom. The number of carbonyl (C=O) groups excluding carboxylic acids is 1.